The number of hydrogen-bond acceptors (Lipinski definition) is 8. The number of fused-ring (bicyclic) bond motifs is 1. The highest BCUT2D eigenvalue weighted by Gasteiger charge is 2.40. The smallest absolute Gasteiger partial charge is 0.354 e. The second kappa shape index (κ2) is 17.1. The third kappa shape index (κ3) is 10.2. The van der Waals surface area contributed by atoms with Gasteiger partial charge in [0.15, 0.2) is 0 Å². The first-order valence-corrected chi connectivity index (χ1v) is 17.7. The predicted molar refractivity (Wildman–Crippen MR) is 184 cm³/mol. The zero-order valence-electron chi connectivity index (χ0n) is 27.3. The zero-order chi connectivity index (χ0) is 34.6. The van der Waals surface area contributed by atoms with Gasteiger partial charge in [-0.2, -0.15) is 0 Å². The van der Waals surface area contributed by atoms with Gasteiger partial charge in [0.25, 0.3) is 5.91 Å². The van der Waals surface area contributed by atoms with Gasteiger partial charge in [-0.05, 0) is 46.7 Å². The van der Waals surface area contributed by atoms with E-state index in [0.29, 0.717) is 36.9 Å². The van der Waals surface area contributed by atoms with Crippen molar-refractivity contribution in [1.82, 2.24) is 15.5 Å². The number of Topliss-reactive ketones (excluding diaryl/α,β-unsaturated/α-hetero) is 1. The minimum Gasteiger partial charge on any atom is -0.354 e. The van der Waals surface area contributed by atoms with E-state index in [1.54, 1.807) is 48.5 Å². The van der Waals surface area contributed by atoms with Crippen molar-refractivity contribution in [2.24, 2.45) is 0 Å². The second-order valence-corrected chi connectivity index (χ2v) is 13.4. The van der Waals surface area contributed by atoms with Crippen LogP contribution in [0.15, 0.2) is 103 Å². The summed E-state index contributed by atoms with van der Waals surface area (Å²) in [5.74, 6) is -2.92. The van der Waals surface area contributed by atoms with Crippen LogP contribution in [0.1, 0.15) is 36.5 Å². The molecule has 0 aliphatic carbocycles. The molecular formula is C37H40N3O8P. The number of nitrogens with one attached hydrogen (secondary N) is 2. The molecule has 11 nitrogen and oxygen atoms in total. The Kier molecular flexibility index (Phi) is 12.5. The lowest BCUT2D eigenvalue weighted by Gasteiger charge is -2.26. The molecule has 4 aromatic rings. The highest BCUT2D eigenvalue weighted by molar-refractivity contribution is 7.48. The molecule has 49 heavy (non-hydrogen) atoms. The van der Waals surface area contributed by atoms with Crippen LogP contribution in [0.25, 0.3) is 10.8 Å². The van der Waals surface area contributed by atoms with Crippen molar-refractivity contribution < 1.29 is 37.3 Å². The largest absolute Gasteiger partial charge is 0.475 e. The summed E-state index contributed by atoms with van der Waals surface area (Å²) in [4.78, 5) is 53.5. The van der Waals surface area contributed by atoms with E-state index in [0.717, 1.165) is 16.3 Å². The van der Waals surface area contributed by atoms with E-state index in [1.807, 2.05) is 48.5 Å². The van der Waals surface area contributed by atoms with Gasteiger partial charge in [-0.1, -0.05) is 103 Å². The molecule has 256 valence electrons. The van der Waals surface area contributed by atoms with Gasteiger partial charge < -0.3 is 15.5 Å². The van der Waals surface area contributed by atoms with E-state index >= 15 is 0 Å². The molecule has 5 rings (SSSR count). The summed E-state index contributed by atoms with van der Waals surface area (Å²) in [6, 6.07) is 29.7. The molecule has 0 radical (unpaired) electrons. The first-order valence-electron chi connectivity index (χ1n) is 16.2. The lowest BCUT2D eigenvalue weighted by molar-refractivity contribution is -0.149. The number of likely N-dealkylation sites (tertiary alicyclic amines) is 1. The van der Waals surface area contributed by atoms with Crippen molar-refractivity contribution in [3.63, 3.8) is 0 Å². The first-order chi connectivity index (χ1) is 23.7. The molecule has 0 aromatic heterocycles. The van der Waals surface area contributed by atoms with E-state index in [2.05, 4.69) is 16.7 Å². The van der Waals surface area contributed by atoms with Crippen LogP contribution in [0.5, 0.6) is 0 Å². The molecule has 2 N–H and O–H groups in total. The van der Waals surface area contributed by atoms with Gasteiger partial charge in [0, 0.05) is 20.0 Å². The number of phosphoric acid groups is 1. The van der Waals surface area contributed by atoms with Crippen molar-refractivity contribution in [1.29, 1.82) is 0 Å². The molecule has 0 bridgehead atoms. The average Bonchev–Trinajstić information content (AvgIpc) is 3.62. The van der Waals surface area contributed by atoms with Crippen LogP contribution in [0.4, 0.5) is 0 Å². The van der Waals surface area contributed by atoms with Gasteiger partial charge in [-0.15, -0.1) is 0 Å². The van der Waals surface area contributed by atoms with Crippen molar-refractivity contribution in [2.75, 3.05) is 19.7 Å². The van der Waals surface area contributed by atoms with Crippen LogP contribution >= 0.6 is 7.82 Å². The minimum absolute atomic E-state index is 0.115. The van der Waals surface area contributed by atoms with E-state index in [-0.39, 0.29) is 25.7 Å². The maximum absolute atomic E-state index is 13.8. The standard InChI is InChI=1S/C37H40N3O8P/c1-27(41)39-33(26-48-49(45,46-24-29-11-4-2-5-12-29)47-25-30-13-6-3-7-14-30)35(42)37(44)40-22-10-17-34(40)36(43)38-21-20-28-18-19-31-15-8-9-16-32(31)23-28/h2-9,11-16,18-19,23,33-34H,10,17,20-22,24-26H2,1H3,(H,38,43)(H,39,41)/t33?,34-/m0/s1. The Morgan fingerprint density at radius 2 is 1.41 bits per heavy atom. The molecule has 4 aromatic carbocycles. The fourth-order valence-corrected chi connectivity index (χ4v) is 6.75. The van der Waals surface area contributed by atoms with Crippen LogP contribution in [-0.4, -0.2) is 60.2 Å². The van der Waals surface area contributed by atoms with E-state index in [1.165, 1.54) is 11.8 Å². The van der Waals surface area contributed by atoms with Crippen LogP contribution in [-0.2, 0) is 56.9 Å². The Balaban J connectivity index is 1.21. The number of carbonyl (C=O) groups excluding carboxylic acids is 4. The third-order valence-corrected chi connectivity index (χ3v) is 9.47. The van der Waals surface area contributed by atoms with Gasteiger partial charge in [0.2, 0.25) is 17.6 Å². The van der Waals surface area contributed by atoms with E-state index < -0.39 is 44.1 Å². The van der Waals surface area contributed by atoms with Gasteiger partial charge in [0.1, 0.15) is 12.1 Å². The second-order valence-electron chi connectivity index (χ2n) is 11.8. The summed E-state index contributed by atoms with van der Waals surface area (Å²) in [6.07, 6.45) is 1.51. The number of nitrogens with zero attached hydrogens (tertiary/aromatic N) is 1. The quantitative estimate of drug-likeness (QED) is 0.122. The molecule has 1 fully saturated rings. The molecule has 12 heteroatoms. The fourth-order valence-electron chi connectivity index (χ4n) is 5.58. The number of phosphoric ester groups is 1. The summed E-state index contributed by atoms with van der Waals surface area (Å²) in [5.41, 5.74) is 2.47. The van der Waals surface area contributed by atoms with E-state index in [4.69, 9.17) is 13.6 Å². The highest BCUT2D eigenvalue weighted by atomic mass is 31.2. The SMILES string of the molecule is CC(=O)NC(COP(=O)(OCc1ccccc1)OCc1ccccc1)C(=O)C(=O)N1CCC[C@H]1C(=O)NCCc1ccc2ccccc2c1. The Morgan fingerprint density at radius 3 is 2.04 bits per heavy atom. The number of ketones is 1. The van der Waals surface area contributed by atoms with Crippen molar-refractivity contribution >= 4 is 42.1 Å². The molecule has 0 saturated carbocycles. The van der Waals surface area contributed by atoms with Crippen molar-refractivity contribution in [3.8, 4) is 0 Å². The molecule has 3 amide bonds. The van der Waals surface area contributed by atoms with Gasteiger partial charge in [-0.3, -0.25) is 32.7 Å². The van der Waals surface area contributed by atoms with Crippen molar-refractivity contribution in [3.05, 3.63) is 120 Å². The molecular weight excluding hydrogens is 645 g/mol. The Morgan fingerprint density at radius 1 is 0.796 bits per heavy atom. The molecule has 2 atom stereocenters. The van der Waals surface area contributed by atoms with E-state index in [9.17, 15) is 23.7 Å². The summed E-state index contributed by atoms with van der Waals surface area (Å²) >= 11 is 0. The average molecular weight is 686 g/mol. The van der Waals surface area contributed by atoms with Crippen LogP contribution in [0.2, 0.25) is 0 Å². The summed E-state index contributed by atoms with van der Waals surface area (Å²) in [6.45, 7) is 0.838. The number of hydrogen-bond donors (Lipinski definition) is 2. The maximum atomic E-state index is 13.8. The summed E-state index contributed by atoms with van der Waals surface area (Å²) in [5, 5.41) is 7.56. The molecule has 1 saturated heterocycles. The van der Waals surface area contributed by atoms with Gasteiger partial charge in [-0.25, -0.2) is 4.57 Å². The van der Waals surface area contributed by atoms with Crippen LogP contribution in [0.3, 0.4) is 0 Å². The monoisotopic (exact) mass is 685 g/mol. The lowest BCUT2D eigenvalue weighted by atomic mass is 10.1. The number of carbonyl (C=O) groups is 4. The predicted octanol–water partition coefficient (Wildman–Crippen LogP) is 5.12. The minimum atomic E-state index is -4.32. The molecule has 0 spiro atoms. The molecule has 1 heterocycles. The number of rotatable bonds is 16. The topological polar surface area (TPSA) is 140 Å². The maximum Gasteiger partial charge on any atom is 0.475 e. The molecule has 1 aliphatic heterocycles. The number of benzene rings is 4. The van der Waals surface area contributed by atoms with Crippen molar-refractivity contribution in [2.45, 2.75) is 51.5 Å². The highest BCUT2D eigenvalue weighted by Crippen LogP contribution is 2.51. The molecule has 1 unspecified atom stereocenters. The zero-order valence-corrected chi connectivity index (χ0v) is 28.2. The molecule has 1 aliphatic rings. The normalized spacial score (nSPS) is 15.1. The summed E-state index contributed by atoms with van der Waals surface area (Å²) < 4.78 is 30.6. The van der Waals surface area contributed by atoms with Crippen LogP contribution < -0.4 is 10.6 Å². The van der Waals surface area contributed by atoms with Gasteiger partial charge >= 0.3 is 7.82 Å². The Hall–Kier alpha value is -4.67. The Bertz CT molecular complexity index is 1760. The fraction of sp³-hybridized carbons (Fsp3) is 0.297. The van der Waals surface area contributed by atoms with Crippen LogP contribution in [0, 0.1) is 0 Å². The third-order valence-electron chi connectivity index (χ3n) is 8.11. The Labute approximate surface area is 285 Å². The summed E-state index contributed by atoms with van der Waals surface area (Å²) in [7, 11) is -4.32. The lowest BCUT2D eigenvalue weighted by Crippen LogP contribution is -2.54. The first kappa shape index (κ1) is 35.6. The number of amides is 3. The van der Waals surface area contributed by atoms with Gasteiger partial charge in [0.05, 0.1) is 19.8 Å².